The molecule has 4 rings (SSSR count). The van der Waals surface area contributed by atoms with Crippen molar-refractivity contribution >= 4 is 46.1 Å². The number of rotatable bonds is 8. The second kappa shape index (κ2) is 11.7. The van der Waals surface area contributed by atoms with Crippen LogP contribution in [0.2, 0.25) is 5.28 Å². The van der Waals surface area contributed by atoms with E-state index < -0.39 is 16.8 Å². The zero-order valence-electron chi connectivity index (χ0n) is 20.8. The highest BCUT2D eigenvalue weighted by atomic mass is 35.5. The van der Waals surface area contributed by atoms with E-state index in [2.05, 4.69) is 19.9 Å². The Bertz CT molecular complexity index is 1670. The molecule has 4 heterocycles. The number of aryl methyl sites for hydroxylation is 4. The number of unbranched alkanes of at least 4 members (excludes halogenated alkanes) is 2. The highest BCUT2D eigenvalue weighted by Gasteiger charge is 2.16. The van der Waals surface area contributed by atoms with Crippen molar-refractivity contribution in [2.24, 2.45) is 0 Å². The summed E-state index contributed by atoms with van der Waals surface area (Å²) in [6.45, 7) is 10.1. The van der Waals surface area contributed by atoms with Gasteiger partial charge < -0.3 is 14.1 Å². The van der Waals surface area contributed by atoms with Gasteiger partial charge in [-0.2, -0.15) is 4.98 Å². The van der Waals surface area contributed by atoms with Crippen LogP contribution in [-0.4, -0.2) is 38.2 Å². The largest absolute Gasteiger partial charge is 0.330 e. The topological polar surface area (TPSA) is 148 Å². The number of halogens is 1. The zero-order chi connectivity index (χ0) is 26.6. The molecule has 0 aliphatic heterocycles. The normalized spacial score (nSPS) is 11.2. The highest BCUT2D eigenvalue weighted by molar-refractivity contribution is 7.71. The molecule has 0 aromatic carbocycles. The second-order valence-electron chi connectivity index (χ2n) is 8.20. The molecular formula is C22H31ClN8O4S. The lowest BCUT2D eigenvalue weighted by atomic mass is 10.3. The molecule has 3 N–H and O–H groups in total. The summed E-state index contributed by atoms with van der Waals surface area (Å²) in [5, 5.41) is 0.230. The van der Waals surface area contributed by atoms with E-state index in [0.717, 1.165) is 25.7 Å². The van der Waals surface area contributed by atoms with E-state index in [1.807, 2.05) is 27.7 Å². The SMILES string of the molecule is CCCCn1c(=O)[nH]c(=O)c2c1[nH]c(=S)n2CC.CCCCn1c(=O)[nH]c(=O)c2c1nc(Cl)n2CC. The number of aromatic nitrogens is 8. The van der Waals surface area contributed by atoms with Crippen molar-refractivity contribution in [3.63, 3.8) is 0 Å². The lowest BCUT2D eigenvalue weighted by Crippen LogP contribution is -2.31. The maximum atomic E-state index is 11.9. The maximum Gasteiger partial charge on any atom is 0.330 e. The Balaban J connectivity index is 0.000000201. The molecule has 0 radical (unpaired) electrons. The van der Waals surface area contributed by atoms with Crippen LogP contribution in [0.1, 0.15) is 53.4 Å². The minimum atomic E-state index is -0.441. The van der Waals surface area contributed by atoms with E-state index in [1.54, 1.807) is 13.7 Å². The van der Waals surface area contributed by atoms with Gasteiger partial charge in [0.25, 0.3) is 11.1 Å². The van der Waals surface area contributed by atoms with Gasteiger partial charge in [-0.25, -0.2) is 9.59 Å². The first kappa shape index (κ1) is 27.4. The number of H-pyrrole nitrogens is 3. The Morgan fingerprint density at radius 1 is 0.750 bits per heavy atom. The summed E-state index contributed by atoms with van der Waals surface area (Å²) in [6, 6.07) is 0. The minimum absolute atomic E-state index is 0.230. The fraction of sp³-hybridized carbons (Fsp3) is 0.545. The molecule has 0 aliphatic carbocycles. The van der Waals surface area contributed by atoms with E-state index in [4.69, 9.17) is 23.8 Å². The maximum absolute atomic E-state index is 11.9. The number of nitrogens with one attached hydrogen (secondary N) is 3. The molecule has 0 spiro atoms. The van der Waals surface area contributed by atoms with Crippen LogP contribution < -0.4 is 22.5 Å². The summed E-state index contributed by atoms with van der Waals surface area (Å²) < 4.78 is 6.78. The Morgan fingerprint density at radius 2 is 1.28 bits per heavy atom. The van der Waals surface area contributed by atoms with Gasteiger partial charge in [-0.15, -0.1) is 0 Å². The second-order valence-corrected chi connectivity index (χ2v) is 8.92. The Kier molecular flexibility index (Phi) is 8.90. The third-order valence-electron chi connectivity index (χ3n) is 5.86. The summed E-state index contributed by atoms with van der Waals surface area (Å²) in [6.07, 6.45) is 3.65. The molecule has 0 saturated heterocycles. The Labute approximate surface area is 215 Å². The first-order chi connectivity index (χ1) is 17.2. The summed E-state index contributed by atoms with van der Waals surface area (Å²) in [5.41, 5.74) is 0.0317. The smallest absolute Gasteiger partial charge is 0.316 e. The lowest BCUT2D eigenvalue weighted by Gasteiger charge is -2.05. The fourth-order valence-corrected chi connectivity index (χ4v) is 4.60. The van der Waals surface area contributed by atoms with Crippen molar-refractivity contribution in [3.05, 3.63) is 51.7 Å². The van der Waals surface area contributed by atoms with Crippen molar-refractivity contribution in [2.45, 2.75) is 79.6 Å². The molecule has 14 heteroatoms. The van der Waals surface area contributed by atoms with Crippen LogP contribution in [0.25, 0.3) is 22.3 Å². The van der Waals surface area contributed by atoms with E-state index in [9.17, 15) is 19.2 Å². The summed E-state index contributed by atoms with van der Waals surface area (Å²) >= 11 is 11.1. The van der Waals surface area contributed by atoms with Crippen molar-refractivity contribution in [1.82, 2.24) is 38.2 Å². The highest BCUT2D eigenvalue weighted by Crippen LogP contribution is 2.15. The van der Waals surface area contributed by atoms with Gasteiger partial charge in [-0.1, -0.05) is 26.7 Å². The van der Waals surface area contributed by atoms with Gasteiger partial charge in [-0.05, 0) is 50.5 Å². The predicted molar refractivity (Wildman–Crippen MR) is 143 cm³/mol. The molecule has 0 aliphatic rings. The van der Waals surface area contributed by atoms with E-state index in [1.165, 1.54) is 4.57 Å². The molecule has 0 unspecified atom stereocenters. The van der Waals surface area contributed by atoms with Gasteiger partial charge >= 0.3 is 11.4 Å². The van der Waals surface area contributed by atoms with E-state index in [-0.39, 0.29) is 11.0 Å². The summed E-state index contributed by atoms with van der Waals surface area (Å²) in [4.78, 5) is 59.0. The lowest BCUT2D eigenvalue weighted by molar-refractivity contribution is 0.613. The number of imidazole rings is 2. The fourth-order valence-electron chi connectivity index (χ4n) is 4.00. The molecule has 0 fully saturated rings. The van der Waals surface area contributed by atoms with Crippen molar-refractivity contribution in [2.75, 3.05) is 0 Å². The molecule has 4 aromatic rings. The quantitative estimate of drug-likeness (QED) is 0.232. The molecule has 4 aromatic heterocycles. The van der Waals surface area contributed by atoms with E-state index in [0.29, 0.717) is 53.3 Å². The molecular weight excluding hydrogens is 508 g/mol. The van der Waals surface area contributed by atoms with Gasteiger partial charge in [0.15, 0.2) is 21.5 Å². The first-order valence-corrected chi connectivity index (χ1v) is 12.8. The number of nitrogens with zero attached hydrogens (tertiary/aromatic N) is 5. The van der Waals surface area contributed by atoms with Gasteiger partial charge in [0.05, 0.1) is 0 Å². The van der Waals surface area contributed by atoms with Crippen LogP contribution in [0.15, 0.2) is 19.2 Å². The van der Waals surface area contributed by atoms with Gasteiger partial charge in [0.1, 0.15) is 5.65 Å². The predicted octanol–water partition coefficient (Wildman–Crippen LogP) is 2.73. The first-order valence-electron chi connectivity index (χ1n) is 12.0. The Hall–Kier alpha value is -3.19. The average Bonchev–Trinajstić information content (AvgIpc) is 3.35. The summed E-state index contributed by atoms with van der Waals surface area (Å²) in [7, 11) is 0. The van der Waals surface area contributed by atoms with Crippen molar-refractivity contribution in [1.29, 1.82) is 0 Å². The standard InChI is InChI=1S/C11H15ClN4O2.C11H16N4O2S/c1-3-5-6-16-8-7(9(17)14-11(16)18)15(4-2)10(12)13-8;1-3-5-6-15-8-7(9(16)13-10(15)17)14(4-2)11(18)12-8/h3-6H2,1-2H3,(H,14,17,18);3-6H2,1-2H3,(H,12,18)(H,13,16,17). The zero-order valence-corrected chi connectivity index (χ0v) is 22.4. The van der Waals surface area contributed by atoms with Crippen molar-refractivity contribution in [3.8, 4) is 0 Å². The average molecular weight is 539 g/mol. The number of fused-ring (bicyclic) bond motifs is 2. The van der Waals surface area contributed by atoms with Crippen LogP contribution in [0.4, 0.5) is 0 Å². The van der Waals surface area contributed by atoms with Gasteiger partial charge in [-0.3, -0.25) is 28.7 Å². The molecule has 0 saturated carbocycles. The van der Waals surface area contributed by atoms with Gasteiger partial charge in [0.2, 0.25) is 5.28 Å². The number of hydrogen-bond donors (Lipinski definition) is 3. The number of hydrogen-bond acceptors (Lipinski definition) is 6. The Morgan fingerprint density at radius 3 is 1.83 bits per heavy atom. The third kappa shape index (κ3) is 5.16. The van der Waals surface area contributed by atoms with Crippen LogP contribution in [0.5, 0.6) is 0 Å². The van der Waals surface area contributed by atoms with Crippen LogP contribution >= 0.6 is 23.8 Å². The van der Waals surface area contributed by atoms with Gasteiger partial charge in [0, 0.05) is 26.2 Å². The molecule has 12 nitrogen and oxygen atoms in total. The summed E-state index contributed by atoms with van der Waals surface area (Å²) in [5.74, 6) is 0. The number of aromatic amines is 3. The molecule has 36 heavy (non-hydrogen) atoms. The van der Waals surface area contributed by atoms with E-state index >= 15 is 0 Å². The monoisotopic (exact) mass is 538 g/mol. The van der Waals surface area contributed by atoms with Crippen molar-refractivity contribution < 1.29 is 0 Å². The molecule has 196 valence electrons. The molecule has 0 atom stereocenters. The molecule has 0 amide bonds. The van der Waals surface area contributed by atoms with Crippen LogP contribution in [-0.2, 0) is 26.2 Å². The minimum Gasteiger partial charge on any atom is -0.316 e. The van der Waals surface area contributed by atoms with Crippen LogP contribution in [0, 0.1) is 4.77 Å². The molecule has 0 bridgehead atoms. The van der Waals surface area contributed by atoms with Crippen LogP contribution in [0.3, 0.4) is 0 Å². The third-order valence-corrected chi connectivity index (χ3v) is 6.47.